The molecule has 7 heavy (non-hydrogen) atoms. The Hall–Kier alpha value is 0.680. The fraction of sp³-hybridized carbons (Fsp3) is 1.00. The highest BCUT2D eigenvalue weighted by Gasteiger charge is 1.81. The van der Waals surface area contributed by atoms with Gasteiger partial charge in [0, 0.05) is 0 Å². The van der Waals surface area contributed by atoms with Crippen molar-refractivity contribution in [2.75, 3.05) is 6.26 Å². The summed E-state index contributed by atoms with van der Waals surface area (Å²) in [6, 6.07) is 0. The molecule has 48 valence electrons. The normalized spacial score (nSPS) is 8.29. The van der Waals surface area contributed by atoms with Crippen LogP contribution in [0.2, 0.25) is 0 Å². The van der Waals surface area contributed by atoms with E-state index >= 15 is 0 Å². The van der Waals surface area contributed by atoms with Crippen LogP contribution < -0.4 is 0 Å². The Bertz CT molecular complexity index is 98.1. The quantitative estimate of drug-likeness (QED) is 0.596. The number of halogens is 2. The molecule has 6 heteroatoms. The lowest BCUT2D eigenvalue weighted by Crippen LogP contribution is -1.88. The zero-order chi connectivity index (χ0) is 4.50. The van der Waals surface area contributed by atoms with Crippen molar-refractivity contribution in [1.29, 1.82) is 0 Å². The molecule has 1 N–H and O–H groups in total. The van der Waals surface area contributed by atoms with Gasteiger partial charge in [-0.05, 0) is 0 Å². The van der Waals surface area contributed by atoms with Gasteiger partial charge >= 0.3 is 0 Å². The summed E-state index contributed by atoms with van der Waals surface area (Å²) in [6.45, 7) is 0. The summed E-state index contributed by atoms with van der Waals surface area (Å²) in [5, 5.41) is 0. The molecule has 0 saturated heterocycles. The van der Waals surface area contributed by atoms with Crippen molar-refractivity contribution in [3.05, 3.63) is 0 Å². The van der Waals surface area contributed by atoms with Gasteiger partial charge < -0.3 is 0 Å². The van der Waals surface area contributed by atoms with E-state index in [1.165, 1.54) is 0 Å². The minimum Gasteiger partial charge on any atom is -0.286 e. The van der Waals surface area contributed by atoms with Crippen LogP contribution in [-0.2, 0) is 10.1 Å². The molecule has 0 aromatic rings. The molecule has 0 saturated carbocycles. The molecule has 3 nitrogen and oxygen atoms in total. The fourth-order valence-corrected chi connectivity index (χ4v) is 0. The van der Waals surface area contributed by atoms with Gasteiger partial charge in [0.25, 0.3) is 10.1 Å². The number of hydrogen-bond acceptors (Lipinski definition) is 2. The molecule has 0 aliphatic heterocycles. The standard InChI is InChI=1S/CH4O3S.BrH.ClH/c1-5(2,3)4;;/h1H3,(H,2,3,4);2*1H. The van der Waals surface area contributed by atoms with Crippen LogP contribution in [-0.4, -0.2) is 19.2 Å². The maximum absolute atomic E-state index is 9.19. The van der Waals surface area contributed by atoms with Gasteiger partial charge in [0.2, 0.25) is 0 Å². The number of rotatable bonds is 0. The molecule has 0 fully saturated rings. The first-order chi connectivity index (χ1) is 2.00. The summed E-state index contributed by atoms with van der Waals surface area (Å²) in [7, 11) is -3.67. The first-order valence-corrected chi connectivity index (χ1v) is 2.77. The number of hydrogen-bond donors (Lipinski definition) is 1. The van der Waals surface area contributed by atoms with Gasteiger partial charge in [0.15, 0.2) is 0 Å². The van der Waals surface area contributed by atoms with E-state index in [0.29, 0.717) is 6.26 Å². The van der Waals surface area contributed by atoms with Crippen LogP contribution in [0.25, 0.3) is 0 Å². The van der Waals surface area contributed by atoms with Crippen LogP contribution in [0.15, 0.2) is 0 Å². The molecule has 0 aromatic heterocycles. The molecule has 0 amide bonds. The molecule has 0 radical (unpaired) electrons. The van der Waals surface area contributed by atoms with E-state index in [2.05, 4.69) is 0 Å². The second kappa shape index (κ2) is 4.83. The fourth-order valence-electron chi connectivity index (χ4n) is 0. The molecule has 0 atom stereocenters. The summed E-state index contributed by atoms with van der Waals surface area (Å²) in [6.07, 6.45) is 0.715. The van der Waals surface area contributed by atoms with E-state index < -0.39 is 10.1 Å². The van der Waals surface area contributed by atoms with E-state index in [4.69, 9.17) is 4.55 Å². The van der Waals surface area contributed by atoms with Crippen molar-refractivity contribution in [2.24, 2.45) is 0 Å². The third-order valence-electron chi connectivity index (χ3n) is 0. The second-order valence-corrected chi connectivity index (χ2v) is 2.20. The maximum Gasteiger partial charge on any atom is 0.261 e. The zero-order valence-corrected chi connectivity index (χ0v) is 6.83. The van der Waals surface area contributed by atoms with Crippen molar-refractivity contribution >= 4 is 39.5 Å². The van der Waals surface area contributed by atoms with Crippen LogP contribution >= 0.6 is 29.4 Å². The minimum atomic E-state index is -3.67. The van der Waals surface area contributed by atoms with E-state index in [9.17, 15) is 8.42 Å². The smallest absolute Gasteiger partial charge is 0.261 e. The first kappa shape index (κ1) is 15.6. The van der Waals surface area contributed by atoms with Gasteiger partial charge in [-0.3, -0.25) is 4.55 Å². The predicted octanol–water partition coefficient (Wildman–Crippen LogP) is 0.504. The molecule has 0 heterocycles. The van der Waals surface area contributed by atoms with Gasteiger partial charge in [-0.25, -0.2) is 0 Å². The van der Waals surface area contributed by atoms with E-state index in [-0.39, 0.29) is 29.4 Å². The minimum absolute atomic E-state index is 0. The highest BCUT2D eigenvalue weighted by atomic mass is 79.9. The molecule has 0 bridgehead atoms. The predicted molar refractivity (Wildman–Crippen MR) is 35.0 cm³/mol. The molecule has 0 aromatic carbocycles. The van der Waals surface area contributed by atoms with Crippen LogP contribution in [0.1, 0.15) is 0 Å². The van der Waals surface area contributed by atoms with Gasteiger partial charge in [-0.2, -0.15) is 8.42 Å². The van der Waals surface area contributed by atoms with E-state index in [0.717, 1.165) is 0 Å². The Kier molecular flexibility index (Phi) is 10.8. The molecular weight excluding hydrogens is 207 g/mol. The SMILES string of the molecule is Br.CS(=O)(=O)O.Cl. The lowest BCUT2D eigenvalue weighted by molar-refractivity contribution is 0.490. The van der Waals surface area contributed by atoms with E-state index in [1.54, 1.807) is 0 Å². The molecule has 0 unspecified atom stereocenters. The highest BCUT2D eigenvalue weighted by molar-refractivity contribution is 8.93. The second-order valence-electron chi connectivity index (χ2n) is 0.733. The van der Waals surface area contributed by atoms with Crippen molar-refractivity contribution in [1.82, 2.24) is 0 Å². The summed E-state index contributed by atoms with van der Waals surface area (Å²) in [5.74, 6) is 0. The summed E-state index contributed by atoms with van der Waals surface area (Å²) < 4.78 is 25.9. The Labute approximate surface area is 59.0 Å². The van der Waals surface area contributed by atoms with Crippen molar-refractivity contribution in [3.8, 4) is 0 Å². The first-order valence-electron chi connectivity index (χ1n) is 0.924. The van der Waals surface area contributed by atoms with Gasteiger partial charge in [0.1, 0.15) is 0 Å². The maximum atomic E-state index is 9.19. The van der Waals surface area contributed by atoms with Crippen LogP contribution in [0.3, 0.4) is 0 Å². The van der Waals surface area contributed by atoms with Crippen molar-refractivity contribution in [2.45, 2.75) is 0 Å². The monoisotopic (exact) mass is 212 g/mol. The topological polar surface area (TPSA) is 54.4 Å². The molecule has 0 aliphatic rings. The summed E-state index contributed by atoms with van der Waals surface area (Å²) in [5.41, 5.74) is 0. The summed E-state index contributed by atoms with van der Waals surface area (Å²) >= 11 is 0. The average Bonchev–Trinajstić information content (AvgIpc) is 0.722. The van der Waals surface area contributed by atoms with Crippen molar-refractivity contribution < 1.29 is 13.0 Å². The van der Waals surface area contributed by atoms with Gasteiger partial charge in [-0.1, -0.05) is 0 Å². The lowest BCUT2D eigenvalue weighted by Gasteiger charge is -1.69. The Morgan fingerprint density at radius 1 is 1.43 bits per heavy atom. The summed E-state index contributed by atoms with van der Waals surface area (Å²) in [4.78, 5) is 0. The molecule has 0 aliphatic carbocycles. The highest BCUT2D eigenvalue weighted by Crippen LogP contribution is 1.60. The largest absolute Gasteiger partial charge is 0.286 e. The van der Waals surface area contributed by atoms with Gasteiger partial charge in [-0.15, -0.1) is 29.4 Å². The lowest BCUT2D eigenvalue weighted by atomic mass is 12.0. The third-order valence-corrected chi connectivity index (χ3v) is 0. The van der Waals surface area contributed by atoms with Crippen LogP contribution in [0, 0.1) is 0 Å². The third kappa shape index (κ3) is 316. The molecule has 0 spiro atoms. The van der Waals surface area contributed by atoms with Gasteiger partial charge in [0.05, 0.1) is 6.26 Å². The average molecular weight is 213 g/mol. The van der Waals surface area contributed by atoms with Crippen molar-refractivity contribution in [3.63, 3.8) is 0 Å². The molecular formula is CH6BrClO3S. The van der Waals surface area contributed by atoms with Crippen LogP contribution in [0.4, 0.5) is 0 Å². The Morgan fingerprint density at radius 3 is 1.43 bits per heavy atom. The Balaban J connectivity index is -0.0000000800. The van der Waals surface area contributed by atoms with E-state index in [1.807, 2.05) is 0 Å². The molecule has 0 rings (SSSR count). The van der Waals surface area contributed by atoms with Crippen LogP contribution in [0.5, 0.6) is 0 Å². The Morgan fingerprint density at radius 2 is 1.43 bits per heavy atom. The zero-order valence-electron chi connectivity index (χ0n) is 3.49.